The van der Waals surface area contributed by atoms with E-state index in [9.17, 15) is 0 Å². The summed E-state index contributed by atoms with van der Waals surface area (Å²) in [5.41, 5.74) is 1.64. The Kier molecular flexibility index (Phi) is 3.18. The summed E-state index contributed by atoms with van der Waals surface area (Å²) < 4.78 is 6.38. The van der Waals surface area contributed by atoms with Gasteiger partial charge < -0.3 is 4.74 Å². The minimum atomic E-state index is 0.0766. The molecular formula is C15H26O. The number of ether oxygens (including phenoxy) is 1. The van der Waals surface area contributed by atoms with Crippen LogP contribution in [0.4, 0.5) is 0 Å². The molecule has 0 aromatic carbocycles. The Labute approximate surface area is 100 Å². The summed E-state index contributed by atoms with van der Waals surface area (Å²) >= 11 is 0. The second kappa shape index (κ2) is 4.18. The van der Waals surface area contributed by atoms with Crippen LogP contribution < -0.4 is 0 Å². The zero-order valence-electron chi connectivity index (χ0n) is 11.4. The minimum absolute atomic E-state index is 0.0766. The van der Waals surface area contributed by atoms with Crippen LogP contribution in [0.2, 0.25) is 0 Å². The van der Waals surface area contributed by atoms with E-state index in [1.54, 1.807) is 5.57 Å². The van der Waals surface area contributed by atoms with Crippen molar-refractivity contribution in [3.8, 4) is 0 Å². The maximum Gasteiger partial charge on any atom is 0.0661 e. The first kappa shape index (κ1) is 12.2. The van der Waals surface area contributed by atoms with Crippen molar-refractivity contribution in [2.24, 2.45) is 17.8 Å². The molecule has 0 amide bonds. The van der Waals surface area contributed by atoms with Gasteiger partial charge in [0.1, 0.15) is 0 Å². The van der Waals surface area contributed by atoms with Crippen molar-refractivity contribution in [3.63, 3.8) is 0 Å². The fraction of sp³-hybridized carbons (Fsp3) is 0.867. The maximum absolute atomic E-state index is 6.38. The molecule has 3 atom stereocenters. The van der Waals surface area contributed by atoms with Gasteiger partial charge in [0.05, 0.1) is 11.7 Å². The van der Waals surface area contributed by atoms with Crippen LogP contribution in [0.25, 0.3) is 0 Å². The highest BCUT2D eigenvalue weighted by Gasteiger charge is 2.44. The van der Waals surface area contributed by atoms with E-state index in [0.717, 1.165) is 11.8 Å². The van der Waals surface area contributed by atoms with Crippen molar-refractivity contribution in [2.75, 3.05) is 0 Å². The Balaban J connectivity index is 2.19. The average molecular weight is 222 g/mol. The Morgan fingerprint density at radius 2 is 2.12 bits per heavy atom. The molecule has 16 heavy (non-hydrogen) atoms. The molecule has 1 heterocycles. The average Bonchev–Trinajstić information content (AvgIpc) is 2.14. The highest BCUT2D eigenvalue weighted by molar-refractivity contribution is 5.15. The normalized spacial score (nSPS) is 37.4. The second-order valence-corrected chi connectivity index (χ2v) is 6.61. The van der Waals surface area contributed by atoms with Gasteiger partial charge >= 0.3 is 0 Å². The highest BCUT2D eigenvalue weighted by atomic mass is 16.5. The summed E-state index contributed by atoms with van der Waals surface area (Å²) in [6, 6.07) is 0. The summed E-state index contributed by atoms with van der Waals surface area (Å²) in [4.78, 5) is 0. The molecule has 0 radical (unpaired) electrons. The number of allylic oxidation sites excluding steroid dienone is 1. The van der Waals surface area contributed by atoms with Crippen LogP contribution in [0, 0.1) is 17.8 Å². The molecule has 1 heteroatoms. The predicted octanol–water partition coefficient (Wildman–Crippen LogP) is 4.18. The summed E-state index contributed by atoms with van der Waals surface area (Å²) in [6.45, 7) is 11.4. The van der Waals surface area contributed by atoms with E-state index in [2.05, 4.69) is 40.7 Å². The summed E-state index contributed by atoms with van der Waals surface area (Å²) in [5.74, 6) is 2.14. The van der Waals surface area contributed by atoms with Gasteiger partial charge in [-0.15, -0.1) is 0 Å². The number of hydrogen-bond donors (Lipinski definition) is 0. The molecule has 0 N–H and O–H groups in total. The van der Waals surface area contributed by atoms with Crippen molar-refractivity contribution in [1.29, 1.82) is 0 Å². The summed E-state index contributed by atoms with van der Waals surface area (Å²) in [7, 11) is 0. The molecule has 92 valence electrons. The van der Waals surface area contributed by atoms with E-state index >= 15 is 0 Å². The SMILES string of the molecule is CC1=CC[C@@H]2C[C@H]1[C@H](CC(C)C)OC2(C)C. The van der Waals surface area contributed by atoms with Crippen LogP contribution in [-0.4, -0.2) is 11.7 Å². The van der Waals surface area contributed by atoms with Crippen LogP contribution in [0.1, 0.15) is 53.9 Å². The van der Waals surface area contributed by atoms with Gasteiger partial charge in [-0.1, -0.05) is 25.5 Å². The van der Waals surface area contributed by atoms with Crippen molar-refractivity contribution in [3.05, 3.63) is 11.6 Å². The summed E-state index contributed by atoms with van der Waals surface area (Å²) in [6.07, 6.45) is 6.65. The molecule has 1 aliphatic carbocycles. The van der Waals surface area contributed by atoms with Crippen molar-refractivity contribution >= 4 is 0 Å². The van der Waals surface area contributed by atoms with Crippen LogP contribution in [0.15, 0.2) is 11.6 Å². The smallest absolute Gasteiger partial charge is 0.0661 e. The predicted molar refractivity (Wildman–Crippen MR) is 68.4 cm³/mol. The fourth-order valence-electron chi connectivity index (χ4n) is 3.33. The Morgan fingerprint density at radius 3 is 2.75 bits per heavy atom. The third-order valence-corrected chi connectivity index (χ3v) is 4.44. The van der Waals surface area contributed by atoms with Crippen molar-refractivity contribution < 1.29 is 4.74 Å². The lowest BCUT2D eigenvalue weighted by Crippen LogP contribution is -2.49. The molecule has 0 saturated carbocycles. The Bertz CT molecular complexity index is 288. The molecule has 0 aromatic rings. The third kappa shape index (κ3) is 2.20. The standard InChI is InChI=1S/C15H26O/c1-10(2)8-14-13-9-12(7-6-11(13)3)15(4,5)16-14/h6,10,12-14H,7-9H2,1-5H3/t12-,13-,14+/m1/s1. The van der Waals surface area contributed by atoms with Crippen LogP contribution >= 0.6 is 0 Å². The number of rotatable bonds is 2. The molecule has 1 nitrogen and oxygen atoms in total. The minimum Gasteiger partial charge on any atom is -0.371 e. The van der Waals surface area contributed by atoms with Gasteiger partial charge in [-0.2, -0.15) is 0 Å². The lowest BCUT2D eigenvalue weighted by molar-refractivity contribution is -0.168. The molecule has 2 bridgehead atoms. The maximum atomic E-state index is 6.38. The molecule has 2 rings (SSSR count). The van der Waals surface area contributed by atoms with E-state index in [0.29, 0.717) is 12.0 Å². The quantitative estimate of drug-likeness (QED) is 0.637. The summed E-state index contributed by atoms with van der Waals surface area (Å²) in [5, 5.41) is 0. The third-order valence-electron chi connectivity index (χ3n) is 4.44. The van der Waals surface area contributed by atoms with Crippen LogP contribution in [-0.2, 0) is 4.74 Å². The lowest BCUT2D eigenvalue weighted by Gasteiger charge is -2.50. The van der Waals surface area contributed by atoms with Crippen molar-refractivity contribution in [2.45, 2.75) is 65.6 Å². The van der Waals surface area contributed by atoms with E-state index in [-0.39, 0.29) is 5.60 Å². The zero-order chi connectivity index (χ0) is 11.9. The van der Waals surface area contributed by atoms with Crippen LogP contribution in [0.5, 0.6) is 0 Å². The van der Waals surface area contributed by atoms with Gasteiger partial charge in [-0.05, 0) is 51.9 Å². The molecule has 1 saturated heterocycles. The molecule has 1 fully saturated rings. The Morgan fingerprint density at radius 1 is 1.44 bits per heavy atom. The number of hydrogen-bond acceptors (Lipinski definition) is 1. The molecule has 0 unspecified atom stereocenters. The fourth-order valence-corrected chi connectivity index (χ4v) is 3.33. The van der Waals surface area contributed by atoms with Gasteiger partial charge in [0, 0.05) is 5.92 Å². The first-order valence-corrected chi connectivity index (χ1v) is 6.74. The van der Waals surface area contributed by atoms with Crippen molar-refractivity contribution in [1.82, 2.24) is 0 Å². The first-order valence-electron chi connectivity index (χ1n) is 6.74. The van der Waals surface area contributed by atoms with Crippen LogP contribution in [0.3, 0.4) is 0 Å². The molecule has 0 spiro atoms. The van der Waals surface area contributed by atoms with Gasteiger partial charge in [-0.3, -0.25) is 0 Å². The molecule has 1 aliphatic heterocycles. The van der Waals surface area contributed by atoms with Gasteiger partial charge in [0.15, 0.2) is 0 Å². The Hall–Kier alpha value is -0.300. The second-order valence-electron chi connectivity index (χ2n) is 6.61. The number of fused-ring (bicyclic) bond motifs is 2. The van der Waals surface area contributed by atoms with E-state index in [1.807, 2.05) is 0 Å². The van der Waals surface area contributed by atoms with Gasteiger partial charge in [-0.25, -0.2) is 0 Å². The molecule has 0 aromatic heterocycles. The van der Waals surface area contributed by atoms with E-state index in [4.69, 9.17) is 4.74 Å². The zero-order valence-corrected chi connectivity index (χ0v) is 11.4. The first-order chi connectivity index (χ1) is 7.40. The van der Waals surface area contributed by atoms with E-state index in [1.165, 1.54) is 19.3 Å². The highest BCUT2D eigenvalue weighted by Crippen LogP contribution is 2.46. The lowest BCUT2D eigenvalue weighted by atomic mass is 9.69. The molecule has 2 aliphatic rings. The molecular weight excluding hydrogens is 196 g/mol. The monoisotopic (exact) mass is 222 g/mol. The largest absolute Gasteiger partial charge is 0.371 e. The topological polar surface area (TPSA) is 9.23 Å². The van der Waals surface area contributed by atoms with Gasteiger partial charge in [0.25, 0.3) is 0 Å². The van der Waals surface area contributed by atoms with E-state index < -0.39 is 0 Å². The van der Waals surface area contributed by atoms with Gasteiger partial charge in [0.2, 0.25) is 0 Å².